The lowest BCUT2D eigenvalue weighted by molar-refractivity contribution is 0.0698. The number of carbonyl (C=O) groups is 2. The molecule has 7 heteroatoms. The summed E-state index contributed by atoms with van der Waals surface area (Å²) in [6.07, 6.45) is 0.0924. The number of carbonyl (C=O) groups excluding carboxylic acids is 1. The van der Waals surface area contributed by atoms with Crippen LogP contribution < -0.4 is 10.6 Å². The van der Waals surface area contributed by atoms with E-state index in [9.17, 15) is 9.59 Å². The Bertz CT molecular complexity index is 491. The Morgan fingerprint density at radius 2 is 2.10 bits per heavy atom. The number of carboxylic acids is 1. The summed E-state index contributed by atoms with van der Waals surface area (Å²) >= 11 is 5.72. The minimum atomic E-state index is -1.16. The van der Waals surface area contributed by atoms with Crippen LogP contribution in [0, 0.1) is 0 Å². The topological polar surface area (TPSA) is 87.7 Å². The predicted octanol–water partition coefficient (Wildman–Crippen LogP) is 2.58. The molecule has 0 unspecified atom stereocenters. The Kier molecular flexibility index (Phi) is 6.27. The van der Waals surface area contributed by atoms with E-state index in [4.69, 9.17) is 21.4 Å². The van der Waals surface area contributed by atoms with Crippen LogP contribution in [0.25, 0.3) is 0 Å². The number of nitrogens with one attached hydrogen (secondary N) is 2. The van der Waals surface area contributed by atoms with Gasteiger partial charge in [-0.3, -0.25) is 0 Å². The number of ether oxygens (including phenoxy) is 1. The van der Waals surface area contributed by atoms with Crippen molar-refractivity contribution >= 4 is 29.3 Å². The second kappa shape index (κ2) is 7.72. The normalized spacial score (nSPS) is 10.4. The van der Waals surface area contributed by atoms with Crippen LogP contribution in [0.4, 0.5) is 10.5 Å². The highest BCUT2D eigenvalue weighted by molar-refractivity contribution is 6.31. The molecule has 0 saturated carbocycles. The van der Waals surface area contributed by atoms with E-state index in [1.807, 2.05) is 13.8 Å². The zero-order chi connectivity index (χ0) is 15.1. The highest BCUT2D eigenvalue weighted by Gasteiger charge is 2.12. The summed E-state index contributed by atoms with van der Waals surface area (Å²) < 4.78 is 5.27. The van der Waals surface area contributed by atoms with Gasteiger partial charge in [-0.1, -0.05) is 11.6 Å². The molecule has 20 heavy (non-hydrogen) atoms. The zero-order valence-electron chi connectivity index (χ0n) is 11.3. The van der Waals surface area contributed by atoms with E-state index < -0.39 is 12.0 Å². The van der Waals surface area contributed by atoms with Crippen molar-refractivity contribution in [3.05, 3.63) is 28.8 Å². The van der Waals surface area contributed by atoms with Gasteiger partial charge in [-0.05, 0) is 32.0 Å². The number of anilines is 1. The zero-order valence-corrected chi connectivity index (χ0v) is 12.0. The van der Waals surface area contributed by atoms with Crippen LogP contribution in [0.2, 0.25) is 5.02 Å². The first-order valence-corrected chi connectivity index (χ1v) is 6.47. The molecule has 0 aliphatic carbocycles. The van der Waals surface area contributed by atoms with Crippen LogP contribution in [-0.2, 0) is 4.74 Å². The monoisotopic (exact) mass is 300 g/mol. The highest BCUT2D eigenvalue weighted by atomic mass is 35.5. The summed E-state index contributed by atoms with van der Waals surface area (Å²) in [6, 6.07) is 3.73. The van der Waals surface area contributed by atoms with Gasteiger partial charge in [0.25, 0.3) is 0 Å². The molecule has 0 aliphatic rings. The van der Waals surface area contributed by atoms with E-state index in [0.717, 1.165) is 0 Å². The van der Waals surface area contributed by atoms with E-state index in [-0.39, 0.29) is 17.4 Å². The number of halogens is 1. The first-order valence-electron chi connectivity index (χ1n) is 6.09. The Balaban J connectivity index is 2.55. The second-order valence-electron chi connectivity index (χ2n) is 4.30. The number of hydrogen-bond donors (Lipinski definition) is 3. The molecule has 1 aromatic rings. The van der Waals surface area contributed by atoms with E-state index in [0.29, 0.717) is 18.2 Å². The third-order valence-corrected chi connectivity index (χ3v) is 2.53. The molecule has 0 aliphatic heterocycles. The quantitative estimate of drug-likeness (QED) is 0.705. The molecule has 0 heterocycles. The number of aromatic carboxylic acids is 1. The van der Waals surface area contributed by atoms with Crippen molar-refractivity contribution in [2.24, 2.45) is 0 Å². The maximum Gasteiger partial charge on any atom is 0.337 e. The van der Waals surface area contributed by atoms with Gasteiger partial charge in [0.1, 0.15) is 0 Å². The van der Waals surface area contributed by atoms with Gasteiger partial charge in [0.15, 0.2) is 0 Å². The average molecular weight is 301 g/mol. The van der Waals surface area contributed by atoms with Gasteiger partial charge in [0, 0.05) is 11.6 Å². The summed E-state index contributed by atoms with van der Waals surface area (Å²) in [5.74, 6) is -1.16. The number of rotatable bonds is 6. The molecule has 2 amide bonds. The van der Waals surface area contributed by atoms with Crippen molar-refractivity contribution < 1.29 is 19.4 Å². The molecular formula is C13H17ClN2O4. The summed E-state index contributed by atoms with van der Waals surface area (Å²) in [5, 5.41) is 14.3. The minimum Gasteiger partial charge on any atom is -0.478 e. The number of hydrogen-bond acceptors (Lipinski definition) is 3. The third-order valence-electron chi connectivity index (χ3n) is 2.30. The largest absolute Gasteiger partial charge is 0.478 e. The lowest BCUT2D eigenvalue weighted by Crippen LogP contribution is -2.32. The Morgan fingerprint density at radius 1 is 1.40 bits per heavy atom. The van der Waals surface area contributed by atoms with Crippen LogP contribution in [-0.4, -0.2) is 36.4 Å². The molecule has 1 aromatic carbocycles. The van der Waals surface area contributed by atoms with Crippen LogP contribution in [0.1, 0.15) is 24.2 Å². The highest BCUT2D eigenvalue weighted by Crippen LogP contribution is 2.20. The van der Waals surface area contributed by atoms with E-state index >= 15 is 0 Å². The lowest BCUT2D eigenvalue weighted by Gasteiger charge is -2.11. The molecule has 0 spiro atoms. The van der Waals surface area contributed by atoms with Gasteiger partial charge in [0.05, 0.1) is 24.0 Å². The fourth-order valence-corrected chi connectivity index (χ4v) is 1.60. The first-order chi connectivity index (χ1) is 9.40. The van der Waals surface area contributed by atoms with Gasteiger partial charge in [0.2, 0.25) is 0 Å². The van der Waals surface area contributed by atoms with E-state index in [1.54, 1.807) is 0 Å². The van der Waals surface area contributed by atoms with Gasteiger partial charge < -0.3 is 20.5 Å². The number of urea groups is 1. The van der Waals surface area contributed by atoms with Crippen molar-refractivity contribution in [1.82, 2.24) is 5.32 Å². The maximum absolute atomic E-state index is 11.6. The molecule has 6 nitrogen and oxygen atoms in total. The fraction of sp³-hybridized carbons (Fsp3) is 0.385. The SMILES string of the molecule is CC(C)OCCNC(=O)Nc1ccc(Cl)cc1C(=O)O. The van der Waals surface area contributed by atoms with E-state index in [1.165, 1.54) is 18.2 Å². The van der Waals surface area contributed by atoms with Crippen molar-refractivity contribution in [2.75, 3.05) is 18.5 Å². The Hall–Kier alpha value is -1.79. The third kappa shape index (κ3) is 5.46. The Morgan fingerprint density at radius 3 is 2.70 bits per heavy atom. The smallest absolute Gasteiger partial charge is 0.337 e. The van der Waals surface area contributed by atoms with Crippen molar-refractivity contribution in [1.29, 1.82) is 0 Å². The predicted molar refractivity (Wildman–Crippen MR) is 76.5 cm³/mol. The molecule has 0 atom stereocenters. The van der Waals surface area contributed by atoms with Crippen LogP contribution in [0.15, 0.2) is 18.2 Å². The molecule has 110 valence electrons. The van der Waals surface area contributed by atoms with Gasteiger partial charge >= 0.3 is 12.0 Å². The van der Waals surface area contributed by atoms with Crippen LogP contribution in [0.3, 0.4) is 0 Å². The van der Waals surface area contributed by atoms with Crippen LogP contribution in [0.5, 0.6) is 0 Å². The number of benzene rings is 1. The molecule has 0 saturated heterocycles. The summed E-state index contributed by atoms with van der Waals surface area (Å²) in [4.78, 5) is 22.7. The minimum absolute atomic E-state index is 0.0638. The van der Waals surface area contributed by atoms with Crippen molar-refractivity contribution in [3.8, 4) is 0 Å². The van der Waals surface area contributed by atoms with Crippen molar-refractivity contribution in [3.63, 3.8) is 0 Å². The molecule has 1 rings (SSSR count). The number of amides is 2. The maximum atomic E-state index is 11.6. The van der Waals surface area contributed by atoms with Crippen molar-refractivity contribution in [2.45, 2.75) is 20.0 Å². The molecule has 0 radical (unpaired) electrons. The lowest BCUT2D eigenvalue weighted by atomic mass is 10.2. The summed E-state index contributed by atoms with van der Waals surface area (Å²) in [7, 11) is 0. The van der Waals surface area contributed by atoms with Crippen LogP contribution >= 0.6 is 11.6 Å². The summed E-state index contributed by atoms with van der Waals surface area (Å²) in [5.41, 5.74) is 0.121. The average Bonchev–Trinajstić information content (AvgIpc) is 2.36. The van der Waals surface area contributed by atoms with E-state index in [2.05, 4.69) is 10.6 Å². The standard InChI is InChI=1S/C13H17ClN2O4/c1-8(2)20-6-5-15-13(19)16-11-4-3-9(14)7-10(11)12(17)18/h3-4,7-8H,5-6H2,1-2H3,(H,17,18)(H2,15,16,19). The summed E-state index contributed by atoms with van der Waals surface area (Å²) in [6.45, 7) is 4.51. The molecule has 0 fully saturated rings. The number of carboxylic acid groups (broad SMARTS) is 1. The van der Waals surface area contributed by atoms with Gasteiger partial charge in [-0.25, -0.2) is 9.59 Å². The van der Waals surface area contributed by atoms with Gasteiger partial charge in [-0.15, -0.1) is 0 Å². The molecular weight excluding hydrogens is 284 g/mol. The second-order valence-corrected chi connectivity index (χ2v) is 4.73. The molecule has 3 N–H and O–H groups in total. The first kappa shape index (κ1) is 16.3. The fourth-order valence-electron chi connectivity index (χ4n) is 1.43. The van der Waals surface area contributed by atoms with Gasteiger partial charge in [-0.2, -0.15) is 0 Å². The molecule has 0 aromatic heterocycles. The molecule has 0 bridgehead atoms. The Labute approximate surface area is 122 Å².